The van der Waals surface area contributed by atoms with Gasteiger partial charge in [-0.15, -0.1) is 0 Å². The number of urea groups is 1. The number of aliphatic carboxylic acids is 1. The third-order valence-corrected chi connectivity index (χ3v) is 2.14. The summed E-state index contributed by atoms with van der Waals surface area (Å²) in [4.78, 5) is 27.3. The molecule has 0 aliphatic heterocycles. The highest BCUT2D eigenvalue weighted by molar-refractivity contribution is 5.75. The highest BCUT2D eigenvalue weighted by Crippen LogP contribution is 1.94. The van der Waals surface area contributed by atoms with Gasteiger partial charge in [-0.05, 0) is 6.92 Å². The van der Waals surface area contributed by atoms with Crippen LogP contribution in [0.3, 0.4) is 0 Å². The van der Waals surface area contributed by atoms with E-state index >= 15 is 0 Å². The summed E-state index contributed by atoms with van der Waals surface area (Å²) >= 11 is 0. The van der Waals surface area contributed by atoms with Gasteiger partial charge in [-0.1, -0.05) is 0 Å². The number of carboxylic acids is 1. The second-order valence-corrected chi connectivity index (χ2v) is 3.31. The molecule has 8 heteroatoms. The van der Waals surface area contributed by atoms with Crippen molar-refractivity contribution in [2.24, 2.45) is 0 Å². The summed E-state index contributed by atoms with van der Waals surface area (Å²) in [6, 6.07) is -0.315. The van der Waals surface area contributed by atoms with E-state index in [0.717, 1.165) is 0 Å². The van der Waals surface area contributed by atoms with Crippen LogP contribution >= 0.6 is 0 Å². The molecule has 1 rings (SSSR count). The van der Waals surface area contributed by atoms with E-state index in [-0.39, 0.29) is 25.5 Å². The van der Waals surface area contributed by atoms with Crippen molar-refractivity contribution in [1.82, 2.24) is 25.4 Å². The van der Waals surface area contributed by atoms with Gasteiger partial charge in [0.1, 0.15) is 12.2 Å². The summed E-state index contributed by atoms with van der Waals surface area (Å²) in [6.07, 6.45) is 1.28. The minimum Gasteiger partial charge on any atom is -0.481 e. The maximum absolute atomic E-state index is 11.6. The van der Waals surface area contributed by atoms with Gasteiger partial charge in [0.25, 0.3) is 0 Å². The molecule has 3 N–H and O–H groups in total. The van der Waals surface area contributed by atoms with Crippen molar-refractivity contribution in [3.8, 4) is 0 Å². The molecule has 0 radical (unpaired) electrons. The number of hydrogen-bond donors (Lipinski definition) is 3. The van der Waals surface area contributed by atoms with E-state index in [1.165, 1.54) is 11.2 Å². The molecule has 0 bridgehead atoms. The average Bonchev–Trinajstić information content (AvgIpc) is 2.79. The number of aromatic nitrogens is 3. The molecule has 17 heavy (non-hydrogen) atoms. The fraction of sp³-hybridized carbons (Fsp3) is 0.556. The number of aromatic amines is 1. The van der Waals surface area contributed by atoms with E-state index in [1.54, 1.807) is 6.92 Å². The van der Waals surface area contributed by atoms with Crippen molar-refractivity contribution in [2.75, 3.05) is 13.1 Å². The van der Waals surface area contributed by atoms with Gasteiger partial charge in [-0.3, -0.25) is 9.89 Å². The molecular weight excluding hydrogens is 226 g/mol. The fourth-order valence-corrected chi connectivity index (χ4v) is 1.22. The smallest absolute Gasteiger partial charge is 0.317 e. The summed E-state index contributed by atoms with van der Waals surface area (Å²) in [5, 5.41) is 17.4. The lowest BCUT2D eigenvalue weighted by Crippen LogP contribution is -2.40. The number of rotatable bonds is 6. The molecule has 1 aromatic heterocycles. The molecule has 0 aliphatic rings. The number of H-pyrrole nitrogens is 1. The average molecular weight is 241 g/mol. The molecule has 0 spiro atoms. The van der Waals surface area contributed by atoms with Gasteiger partial charge in [0.05, 0.1) is 13.0 Å². The zero-order valence-corrected chi connectivity index (χ0v) is 9.51. The lowest BCUT2D eigenvalue weighted by Gasteiger charge is -2.19. The van der Waals surface area contributed by atoms with E-state index in [0.29, 0.717) is 12.4 Å². The molecule has 0 fully saturated rings. The molecule has 1 heterocycles. The zero-order chi connectivity index (χ0) is 12.7. The Hall–Kier alpha value is -2.12. The van der Waals surface area contributed by atoms with E-state index in [9.17, 15) is 9.59 Å². The van der Waals surface area contributed by atoms with Crippen molar-refractivity contribution in [2.45, 2.75) is 19.9 Å². The van der Waals surface area contributed by atoms with Crippen LogP contribution in [0.2, 0.25) is 0 Å². The van der Waals surface area contributed by atoms with Gasteiger partial charge in [-0.25, -0.2) is 9.78 Å². The van der Waals surface area contributed by atoms with Crippen molar-refractivity contribution < 1.29 is 14.7 Å². The van der Waals surface area contributed by atoms with Crippen molar-refractivity contribution in [1.29, 1.82) is 0 Å². The fourth-order valence-electron chi connectivity index (χ4n) is 1.22. The number of nitrogens with one attached hydrogen (secondary N) is 2. The minimum atomic E-state index is -0.925. The third-order valence-electron chi connectivity index (χ3n) is 2.14. The monoisotopic (exact) mass is 241 g/mol. The normalized spacial score (nSPS) is 9.94. The molecule has 0 saturated carbocycles. The molecule has 2 amide bonds. The number of carbonyl (C=O) groups is 2. The summed E-state index contributed by atoms with van der Waals surface area (Å²) in [6.45, 7) is 2.67. The van der Waals surface area contributed by atoms with Gasteiger partial charge in [0.2, 0.25) is 0 Å². The Kier molecular flexibility index (Phi) is 4.92. The molecule has 1 aromatic rings. The first-order valence-electron chi connectivity index (χ1n) is 5.22. The lowest BCUT2D eigenvalue weighted by atomic mass is 10.4. The molecule has 94 valence electrons. The third kappa shape index (κ3) is 4.49. The van der Waals surface area contributed by atoms with Crippen LogP contribution in [0.15, 0.2) is 6.33 Å². The van der Waals surface area contributed by atoms with Crippen molar-refractivity contribution >= 4 is 12.0 Å². The largest absolute Gasteiger partial charge is 0.481 e. The molecule has 0 unspecified atom stereocenters. The first kappa shape index (κ1) is 12.9. The number of carboxylic acid groups (broad SMARTS) is 1. The Morgan fingerprint density at radius 3 is 2.88 bits per heavy atom. The van der Waals surface area contributed by atoms with Crippen LogP contribution in [0.25, 0.3) is 0 Å². The van der Waals surface area contributed by atoms with Gasteiger partial charge < -0.3 is 15.3 Å². The topological polar surface area (TPSA) is 111 Å². The highest BCUT2D eigenvalue weighted by atomic mass is 16.4. The molecule has 0 saturated heterocycles. The first-order valence-corrected chi connectivity index (χ1v) is 5.22. The minimum absolute atomic E-state index is 0.0659. The maximum Gasteiger partial charge on any atom is 0.317 e. The Labute approximate surface area is 98.0 Å². The maximum atomic E-state index is 11.6. The van der Waals surface area contributed by atoms with Gasteiger partial charge in [0.15, 0.2) is 0 Å². The summed E-state index contributed by atoms with van der Waals surface area (Å²) < 4.78 is 0. The summed E-state index contributed by atoms with van der Waals surface area (Å²) in [7, 11) is 0. The number of carbonyl (C=O) groups excluding carboxylic acids is 1. The van der Waals surface area contributed by atoms with Crippen LogP contribution in [-0.4, -0.2) is 50.3 Å². The Morgan fingerprint density at radius 1 is 1.59 bits per heavy atom. The highest BCUT2D eigenvalue weighted by Gasteiger charge is 2.12. The molecule has 0 atom stereocenters. The molecular formula is C9H15N5O3. The molecule has 0 aromatic carbocycles. The van der Waals surface area contributed by atoms with E-state index in [4.69, 9.17) is 5.11 Å². The van der Waals surface area contributed by atoms with E-state index in [1.807, 2.05) is 0 Å². The predicted molar refractivity (Wildman–Crippen MR) is 58.1 cm³/mol. The Morgan fingerprint density at radius 2 is 2.35 bits per heavy atom. The van der Waals surface area contributed by atoms with Crippen LogP contribution in [0.1, 0.15) is 19.2 Å². The number of nitrogens with zero attached hydrogens (tertiary/aromatic N) is 3. The van der Waals surface area contributed by atoms with Gasteiger partial charge >= 0.3 is 12.0 Å². The number of hydrogen-bond acceptors (Lipinski definition) is 4. The van der Waals surface area contributed by atoms with Crippen molar-refractivity contribution in [3.05, 3.63) is 12.2 Å². The Bertz CT molecular complexity index is 365. The summed E-state index contributed by atoms with van der Waals surface area (Å²) in [5.41, 5.74) is 0. The lowest BCUT2D eigenvalue weighted by molar-refractivity contribution is -0.137. The second kappa shape index (κ2) is 6.46. The van der Waals surface area contributed by atoms with Crippen molar-refractivity contribution in [3.63, 3.8) is 0 Å². The van der Waals surface area contributed by atoms with Crippen LogP contribution < -0.4 is 5.32 Å². The Balaban J connectivity index is 2.35. The van der Waals surface area contributed by atoms with Crippen LogP contribution in [0.5, 0.6) is 0 Å². The standard InChI is InChI=1S/C9H15N5O3/c1-2-14(4-3-8(15)16)9(17)10-5-7-11-6-12-13-7/h6H,2-5H2,1H3,(H,10,17)(H,15,16)(H,11,12,13). The SMILES string of the molecule is CCN(CCC(=O)O)C(=O)NCc1ncn[nH]1. The van der Waals surface area contributed by atoms with Crippen LogP contribution in [0.4, 0.5) is 4.79 Å². The summed E-state index contributed by atoms with van der Waals surface area (Å²) in [5.74, 6) is -0.376. The van der Waals surface area contributed by atoms with Crippen LogP contribution in [0, 0.1) is 0 Å². The quantitative estimate of drug-likeness (QED) is 0.639. The van der Waals surface area contributed by atoms with Gasteiger partial charge in [0, 0.05) is 13.1 Å². The van der Waals surface area contributed by atoms with Crippen LogP contribution in [-0.2, 0) is 11.3 Å². The number of amides is 2. The predicted octanol–water partition coefficient (Wildman–Crippen LogP) is -0.189. The second-order valence-electron chi connectivity index (χ2n) is 3.31. The zero-order valence-electron chi connectivity index (χ0n) is 9.51. The first-order chi connectivity index (χ1) is 8.13. The molecule has 8 nitrogen and oxygen atoms in total. The molecule has 0 aliphatic carbocycles. The van der Waals surface area contributed by atoms with Gasteiger partial charge in [-0.2, -0.15) is 5.10 Å². The van der Waals surface area contributed by atoms with E-state index < -0.39 is 5.97 Å². The van der Waals surface area contributed by atoms with E-state index in [2.05, 4.69) is 20.5 Å².